The van der Waals surface area contributed by atoms with Crippen LogP contribution in [0.3, 0.4) is 0 Å². The van der Waals surface area contributed by atoms with E-state index in [0.717, 1.165) is 0 Å². The number of aliphatic hydroxyl groups is 1. The summed E-state index contributed by atoms with van der Waals surface area (Å²) in [6.07, 6.45) is 0. The van der Waals surface area contributed by atoms with Gasteiger partial charge in [0.1, 0.15) is 0 Å². The molecule has 0 spiro atoms. The predicted octanol–water partition coefficient (Wildman–Crippen LogP) is 0.846. The highest BCUT2D eigenvalue weighted by Gasteiger charge is 2.40. The van der Waals surface area contributed by atoms with Crippen molar-refractivity contribution >= 4 is 11.6 Å². The van der Waals surface area contributed by atoms with Crippen LogP contribution in [0.1, 0.15) is 12.5 Å². The summed E-state index contributed by atoms with van der Waals surface area (Å²) in [5.41, 5.74) is -0.0150. The molecule has 1 aliphatic heterocycles. The summed E-state index contributed by atoms with van der Waals surface area (Å²) in [5, 5.41) is 12.3. The van der Waals surface area contributed by atoms with Gasteiger partial charge in [0.15, 0.2) is 5.60 Å². The summed E-state index contributed by atoms with van der Waals surface area (Å²) < 4.78 is 0. The van der Waals surface area contributed by atoms with Gasteiger partial charge in [0.25, 0.3) is 5.91 Å². The fourth-order valence-corrected chi connectivity index (χ4v) is 1.38. The summed E-state index contributed by atoms with van der Waals surface area (Å²) in [5.74, 6) is -0.358. The maximum Gasteiger partial charge on any atom is 0.260 e. The largest absolute Gasteiger partial charge is 0.375 e. The van der Waals surface area contributed by atoms with Crippen LogP contribution >= 0.6 is 0 Å². The lowest BCUT2D eigenvalue weighted by Crippen LogP contribution is -2.30. The van der Waals surface area contributed by atoms with E-state index in [9.17, 15) is 9.90 Å². The van der Waals surface area contributed by atoms with Gasteiger partial charge in [-0.25, -0.2) is 0 Å². The molecule has 1 aliphatic rings. The van der Waals surface area contributed by atoms with Crippen LogP contribution in [0.4, 0.5) is 5.69 Å². The van der Waals surface area contributed by atoms with E-state index in [2.05, 4.69) is 5.32 Å². The molecule has 0 aromatic heterocycles. The van der Waals surface area contributed by atoms with Crippen LogP contribution in [0.2, 0.25) is 0 Å². The Morgan fingerprint density at radius 2 is 2.08 bits per heavy atom. The Labute approximate surface area is 70.0 Å². The Morgan fingerprint density at radius 1 is 1.42 bits per heavy atom. The second-order valence-electron chi connectivity index (χ2n) is 3.07. The molecule has 3 nitrogen and oxygen atoms in total. The van der Waals surface area contributed by atoms with Gasteiger partial charge >= 0.3 is 0 Å². The molecule has 0 bridgehead atoms. The number of anilines is 1. The van der Waals surface area contributed by atoms with Gasteiger partial charge in [-0.1, -0.05) is 18.2 Å². The van der Waals surface area contributed by atoms with Crippen LogP contribution < -0.4 is 5.32 Å². The summed E-state index contributed by atoms with van der Waals surface area (Å²) in [7, 11) is 0. The van der Waals surface area contributed by atoms with Gasteiger partial charge in [-0.2, -0.15) is 0 Å². The van der Waals surface area contributed by atoms with E-state index >= 15 is 0 Å². The molecular formula is C9H9NO2. The molecule has 2 N–H and O–H groups in total. The van der Waals surface area contributed by atoms with E-state index in [0.29, 0.717) is 11.3 Å². The maximum atomic E-state index is 11.2. The van der Waals surface area contributed by atoms with Crippen molar-refractivity contribution in [3.05, 3.63) is 29.8 Å². The lowest BCUT2D eigenvalue weighted by molar-refractivity contribution is -0.131. The first-order valence-electron chi connectivity index (χ1n) is 3.76. The number of carbonyl (C=O) groups is 1. The first-order chi connectivity index (χ1) is 5.62. The number of amides is 1. The second-order valence-corrected chi connectivity index (χ2v) is 3.07. The average Bonchev–Trinajstić information content (AvgIpc) is 2.25. The van der Waals surface area contributed by atoms with Gasteiger partial charge in [-0.15, -0.1) is 0 Å². The third kappa shape index (κ3) is 0.769. The standard InChI is InChI=1S/C9H9NO2/c1-9(12)6-4-2-3-5-7(6)10-8(9)11/h2-5,12H,1H3,(H,10,11)/t9-/m0/s1. The van der Waals surface area contributed by atoms with Crippen LogP contribution in [0.15, 0.2) is 24.3 Å². The highest BCUT2D eigenvalue weighted by molar-refractivity contribution is 6.04. The normalized spacial score (nSPS) is 26.7. The molecule has 1 heterocycles. The molecule has 1 aromatic carbocycles. The van der Waals surface area contributed by atoms with Crippen molar-refractivity contribution in [3.63, 3.8) is 0 Å². The average molecular weight is 163 g/mol. The van der Waals surface area contributed by atoms with Crippen molar-refractivity contribution in [1.29, 1.82) is 0 Å². The van der Waals surface area contributed by atoms with Crippen molar-refractivity contribution < 1.29 is 9.90 Å². The number of fused-ring (bicyclic) bond motifs is 1. The van der Waals surface area contributed by atoms with Crippen molar-refractivity contribution in [3.8, 4) is 0 Å². The van der Waals surface area contributed by atoms with Gasteiger partial charge in [-0.05, 0) is 13.0 Å². The summed E-state index contributed by atoms with van der Waals surface area (Å²) >= 11 is 0. The Kier molecular flexibility index (Phi) is 1.26. The molecule has 1 aromatic rings. The number of nitrogens with one attached hydrogen (secondary N) is 1. The Morgan fingerprint density at radius 3 is 2.75 bits per heavy atom. The third-order valence-electron chi connectivity index (χ3n) is 2.14. The highest BCUT2D eigenvalue weighted by Crippen LogP contribution is 2.34. The second kappa shape index (κ2) is 2.08. The van der Waals surface area contributed by atoms with Gasteiger partial charge in [0.2, 0.25) is 0 Å². The van der Waals surface area contributed by atoms with Crippen molar-refractivity contribution in [2.24, 2.45) is 0 Å². The number of hydrogen-bond acceptors (Lipinski definition) is 2. The topological polar surface area (TPSA) is 49.3 Å². The van der Waals surface area contributed by atoms with Gasteiger partial charge in [0, 0.05) is 11.3 Å². The number of hydrogen-bond donors (Lipinski definition) is 2. The fourth-order valence-electron chi connectivity index (χ4n) is 1.38. The quantitative estimate of drug-likeness (QED) is 0.595. The van der Waals surface area contributed by atoms with Crippen LogP contribution in [0.25, 0.3) is 0 Å². The van der Waals surface area contributed by atoms with Crippen LogP contribution in [0.5, 0.6) is 0 Å². The smallest absolute Gasteiger partial charge is 0.260 e. The highest BCUT2D eigenvalue weighted by atomic mass is 16.3. The first-order valence-corrected chi connectivity index (χ1v) is 3.76. The minimum Gasteiger partial charge on any atom is -0.375 e. The molecule has 0 aliphatic carbocycles. The van der Waals surface area contributed by atoms with Crippen LogP contribution in [-0.2, 0) is 10.4 Å². The molecule has 1 amide bonds. The van der Waals surface area contributed by atoms with E-state index in [-0.39, 0.29) is 5.91 Å². The molecule has 0 unspecified atom stereocenters. The third-order valence-corrected chi connectivity index (χ3v) is 2.14. The van der Waals surface area contributed by atoms with Crippen LogP contribution in [-0.4, -0.2) is 11.0 Å². The first kappa shape index (κ1) is 7.31. The van der Waals surface area contributed by atoms with E-state index < -0.39 is 5.60 Å². The molecule has 2 rings (SSSR count). The van der Waals surface area contributed by atoms with E-state index in [4.69, 9.17) is 0 Å². The number of para-hydroxylation sites is 1. The minimum atomic E-state index is -1.36. The number of rotatable bonds is 0. The van der Waals surface area contributed by atoms with Gasteiger partial charge in [-0.3, -0.25) is 4.79 Å². The minimum absolute atomic E-state index is 0.358. The SMILES string of the molecule is C[C@@]1(O)C(=O)Nc2ccccc21. The molecular weight excluding hydrogens is 154 g/mol. The predicted molar refractivity (Wildman–Crippen MR) is 44.6 cm³/mol. The Bertz CT molecular complexity index is 344. The fraction of sp³-hybridized carbons (Fsp3) is 0.222. The number of benzene rings is 1. The molecule has 3 heteroatoms. The van der Waals surface area contributed by atoms with Crippen molar-refractivity contribution in [2.75, 3.05) is 5.32 Å². The molecule has 12 heavy (non-hydrogen) atoms. The molecule has 0 saturated carbocycles. The molecule has 0 radical (unpaired) electrons. The number of carbonyl (C=O) groups excluding carboxylic acids is 1. The summed E-state index contributed by atoms with van der Waals surface area (Å²) in [4.78, 5) is 11.2. The van der Waals surface area contributed by atoms with E-state index in [1.165, 1.54) is 6.92 Å². The molecule has 1 atom stereocenters. The lowest BCUT2D eigenvalue weighted by atomic mass is 9.98. The summed E-state index contributed by atoms with van der Waals surface area (Å²) in [6, 6.07) is 7.13. The monoisotopic (exact) mass is 163 g/mol. The Hall–Kier alpha value is -1.35. The maximum absolute atomic E-state index is 11.2. The van der Waals surface area contributed by atoms with Crippen LogP contribution in [0, 0.1) is 0 Å². The van der Waals surface area contributed by atoms with Gasteiger partial charge in [0.05, 0.1) is 0 Å². The lowest BCUT2D eigenvalue weighted by Gasteiger charge is -2.12. The van der Waals surface area contributed by atoms with E-state index in [1.54, 1.807) is 18.2 Å². The van der Waals surface area contributed by atoms with Gasteiger partial charge < -0.3 is 10.4 Å². The molecule has 0 saturated heterocycles. The molecule has 0 fully saturated rings. The van der Waals surface area contributed by atoms with Crippen molar-refractivity contribution in [2.45, 2.75) is 12.5 Å². The zero-order valence-corrected chi connectivity index (χ0v) is 6.66. The van der Waals surface area contributed by atoms with Crippen molar-refractivity contribution in [1.82, 2.24) is 0 Å². The zero-order valence-electron chi connectivity index (χ0n) is 6.66. The summed E-state index contributed by atoms with van der Waals surface area (Å²) in [6.45, 7) is 1.49. The Balaban J connectivity index is 2.63. The van der Waals surface area contributed by atoms with E-state index in [1.807, 2.05) is 6.07 Å². The zero-order chi connectivity index (χ0) is 8.77. The molecule has 62 valence electrons.